The van der Waals surface area contributed by atoms with Gasteiger partial charge in [-0.25, -0.2) is 0 Å². The molecule has 0 atom stereocenters. The van der Waals surface area contributed by atoms with Gasteiger partial charge in [0.25, 0.3) is 0 Å². The van der Waals surface area contributed by atoms with Gasteiger partial charge in [-0.05, 0) is 17.5 Å². The third-order valence-electron chi connectivity index (χ3n) is 1.70. The Labute approximate surface area is 103 Å². The molecule has 13 heavy (non-hydrogen) atoms. The van der Waals surface area contributed by atoms with E-state index in [9.17, 15) is 0 Å². The average molecular weight is 397 g/mol. The largest absolute Gasteiger partial charge is 0.358 e. The van der Waals surface area contributed by atoms with Gasteiger partial charge in [0.1, 0.15) is 0 Å². The van der Waals surface area contributed by atoms with Crippen molar-refractivity contribution < 1.29 is 29.9 Å². The summed E-state index contributed by atoms with van der Waals surface area (Å²) in [6.07, 6.45) is 0. The van der Waals surface area contributed by atoms with E-state index in [0.29, 0.717) is 5.92 Å². The quantitative estimate of drug-likeness (QED) is 0.669. The summed E-state index contributed by atoms with van der Waals surface area (Å²) < 4.78 is 0. The predicted molar refractivity (Wildman–Crippen MR) is 51.7 cm³/mol. The Hall–Kier alpha value is -0.277. The van der Waals surface area contributed by atoms with Gasteiger partial charge in [0.05, 0.1) is 11.6 Å². The van der Waals surface area contributed by atoms with E-state index >= 15 is 0 Å². The van der Waals surface area contributed by atoms with Crippen LogP contribution in [0, 0.1) is 48.7 Å². The number of hydrogen-bond acceptors (Lipinski definition) is 1. The molecule has 0 unspecified atom stereocenters. The Kier molecular flexibility index (Phi) is 8.37. The van der Waals surface area contributed by atoms with Crippen LogP contribution in [0.15, 0.2) is 24.3 Å². The van der Waals surface area contributed by atoms with Gasteiger partial charge in [0.15, 0.2) is 0 Å². The first-order chi connectivity index (χ1) is 5.25. The molecule has 0 aliphatic heterocycles. The van der Waals surface area contributed by atoms with E-state index in [4.69, 9.17) is 5.26 Å². The van der Waals surface area contributed by atoms with E-state index in [1.54, 1.807) is 0 Å². The molecule has 1 radical (unpaired) electrons. The summed E-state index contributed by atoms with van der Waals surface area (Å²) in [4.78, 5) is 0. The molecule has 1 aromatic carbocycles. The average Bonchev–Trinajstić information content (AvgIpc) is 2.04. The Morgan fingerprint density at radius 2 is 1.77 bits per heavy atom. The van der Waals surface area contributed by atoms with Crippen LogP contribution in [-0.4, -0.2) is 0 Å². The maximum Gasteiger partial charge on any atom is 0.0994 e. The van der Waals surface area contributed by atoms with Crippen LogP contribution in [0.25, 0.3) is 0 Å². The van der Waals surface area contributed by atoms with E-state index in [1.807, 2.05) is 24.3 Å². The summed E-state index contributed by atoms with van der Waals surface area (Å²) in [5.74, 6) is 0.436. The molecule has 0 fully saturated rings. The van der Waals surface area contributed by atoms with Crippen LogP contribution in [0.5, 0.6) is 0 Å². The van der Waals surface area contributed by atoms with Gasteiger partial charge in [-0.1, -0.05) is 32.0 Å². The zero-order chi connectivity index (χ0) is 8.27. The number of nitriles is 1. The second kappa shape index (κ2) is 7.16. The summed E-state index contributed by atoms with van der Waals surface area (Å²) in [5, 5.41) is 8.72. The first-order valence-electron chi connectivity index (χ1n) is 3.74. The Bertz CT molecular complexity index is 286. The SMILES string of the molecule is CC(C)c1ccccc1C#N.[CH3-].[Np]. The van der Waals surface area contributed by atoms with Crippen LogP contribution in [0.2, 0.25) is 0 Å². The minimum absolute atomic E-state index is 0. The standard InChI is InChI=1S/C10H11N.CH3.Np/c1-8(2)10-6-4-3-5-9(10)7-11;;/h3-6,8H,1-2H3;1H3;/q;-1;. The van der Waals surface area contributed by atoms with Crippen molar-refractivity contribution in [2.45, 2.75) is 19.8 Å². The molecule has 0 heterocycles. The third-order valence-corrected chi connectivity index (χ3v) is 1.70. The van der Waals surface area contributed by atoms with E-state index in [1.165, 1.54) is 0 Å². The van der Waals surface area contributed by atoms with Crippen molar-refractivity contribution in [3.8, 4) is 6.07 Å². The molecule has 0 aromatic heterocycles. The van der Waals surface area contributed by atoms with Crippen LogP contribution in [0.3, 0.4) is 0 Å². The molecular weight excluding hydrogens is 383 g/mol. The van der Waals surface area contributed by atoms with Gasteiger partial charge >= 0.3 is 0 Å². The number of rotatable bonds is 1. The minimum Gasteiger partial charge on any atom is -0.358 e. The van der Waals surface area contributed by atoms with E-state index in [2.05, 4.69) is 19.9 Å². The third kappa shape index (κ3) is 3.96. The van der Waals surface area contributed by atoms with Crippen LogP contribution in [0.4, 0.5) is 0 Å². The van der Waals surface area contributed by atoms with Crippen LogP contribution in [-0.2, 0) is 0 Å². The Morgan fingerprint density at radius 1 is 1.23 bits per heavy atom. The smallest absolute Gasteiger partial charge is 0.0994 e. The van der Waals surface area contributed by atoms with Crippen LogP contribution in [0.1, 0.15) is 30.9 Å². The molecule has 1 rings (SSSR count). The minimum atomic E-state index is 0. The zero-order valence-corrected chi connectivity index (χ0v) is 12.0. The number of nitrogens with zero attached hydrogens (tertiary/aromatic N) is 1. The predicted octanol–water partition coefficient (Wildman–Crippen LogP) is 3.13. The Morgan fingerprint density at radius 3 is 2.15 bits per heavy atom. The Balaban J connectivity index is 0. The summed E-state index contributed by atoms with van der Waals surface area (Å²) in [6.45, 7) is 4.19. The molecule has 69 valence electrons. The van der Waals surface area contributed by atoms with Crippen molar-refractivity contribution in [3.05, 3.63) is 42.8 Å². The van der Waals surface area contributed by atoms with Crippen LogP contribution >= 0.6 is 0 Å². The molecule has 0 N–H and O–H groups in total. The molecule has 0 saturated heterocycles. The second-order valence-electron chi connectivity index (χ2n) is 2.85. The van der Waals surface area contributed by atoms with E-state index < -0.39 is 0 Å². The fraction of sp³-hybridized carbons (Fsp3) is 0.273. The van der Waals surface area contributed by atoms with Crippen molar-refractivity contribution in [1.82, 2.24) is 0 Å². The molecule has 0 aliphatic carbocycles. The van der Waals surface area contributed by atoms with Crippen LogP contribution < -0.4 is 0 Å². The normalized spacial score (nSPS) is 8.15. The van der Waals surface area contributed by atoms with Gasteiger partial charge < -0.3 is 7.43 Å². The summed E-state index contributed by atoms with van der Waals surface area (Å²) >= 11 is 0. The summed E-state index contributed by atoms with van der Waals surface area (Å²) in [5.41, 5.74) is 1.93. The van der Waals surface area contributed by atoms with Crippen molar-refractivity contribution in [2.75, 3.05) is 0 Å². The maximum atomic E-state index is 8.72. The zero-order valence-electron chi connectivity index (χ0n) is 8.28. The molecule has 1 aromatic rings. The van der Waals surface area contributed by atoms with Gasteiger partial charge in [0.2, 0.25) is 0 Å². The van der Waals surface area contributed by atoms with Gasteiger partial charge in [0, 0.05) is 29.9 Å². The molecule has 0 amide bonds. The molecule has 0 saturated carbocycles. The molecule has 0 bridgehead atoms. The fourth-order valence-corrected chi connectivity index (χ4v) is 1.10. The van der Waals surface area contributed by atoms with Crippen molar-refractivity contribution in [2.24, 2.45) is 0 Å². The maximum absolute atomic E-state index is 8.72. The first kappa shape index (κ1) is 15.2. The number of hydrogen-bond donors (Lipinski definition) is 0. The molecule has 0 spiro atoms. The summed E-state index contributed by atoms with van der Waals surface area (Å²) in [6, 6.07) is 9.90. The summed E-state index contributed by atoms with van der Waals surface area (Å²) in [7, 11) is 0. The second-order valence-corrected chi connectivity index (χ2v) is 2.85. The van der Waals surface area contributed by atoms with Gasteiger partial charge in [-0.3, -0.25) is 0 Å². The van der Waals surface area contributed by atoms with E-state index in [0.717, 1.165) is 11.1 Å². The molecular formula is C11H14NNp-. The molecule has 1 nitrogen and oxygen atoms in total. The van der Waals surface area contributed by atoms with Crippen molar-refractivity contribution in [1.29, 1.82) is 5.26 Å². The first-order valence-corrected chi connectivity index (χ1v) is 3.74. The topological polar surface area (TPSA) is 23.8 Å². The molecule has 0 aliphatic rings. The van der Waals surface area contributed by atoms with Gasteiger partial charge in [-0.2, -0.15) is 5.26 Å². The van der Waals surface area contributed by atoms with Crippen molar-refractivity contribution in [3.63, 3.8) is 0 Å². The number of benzene rings is 1. The molecule has 2 heteroatoms. The van der Waals surface area contributed by atoms with E-state index in [-0.39, 0.29) is 37.4 Å². The fourth-order valence-electron chi connectivity index (χ4n) is 1.10. The van der Waals surface area contributed by atoms with Crippen molar-refractivity contribution >= 4 is 0 Å². The monoisotopic (exact) mass is 396 g/mol. The van der Waals surface area contributed by atoms with Gasteiger partial charge in [-0.15, -0.1) is 0 Å².